The largest absolute Gasteiger partial charge is 0.467 e. The van der Waals surface area contributed by atoms with Gasteiger partial charge in [-0.25, -0.2) is 0 Å². The summed E-state index contributed by atoms with van der Waals surface area (Å²) in [5.41, 5.74) is 0. The summed E-state index contributed by atoms with van der Waals surface area (Å²) in [6.07, 6.45) is 1.59. The van der Waals surface area contributed by atoms with Crippen LogP contribution in [0.5, 0.6) is 0 Å². The van der Waals surface area contributed by atoms with E-state index in [0.717, 1.165) is 12.3 Å². The van der Waals surface area contributed by atoms with E-state index in [4.69, 9.17) is 4.42 Å². The maximum atomic E-state index is 11.4. The minimum absolute atomic E-state index is 0.0109. The van der Waals surface area contributed by atoms with Crippen molar-refractivity contribution in [2.24, 2.45) is 0 Å². The summed E-state index contributed by atoms with van der Waals surface area (Å²) in [5.74, 6) is 0.755. The molecule has 0 aliphatic carbocycles. The Morgan fingerprint density at radius 3 is 3.00 bits per heavy atom. The average molecular weight is 196 g/mol. The Morgan fingerprint density at radius 2 is 2.43 bits per heavy atom. The van der Waals surface area contributed by atoms with Gasteiger partial charge in [-0.05, 0) is 25.6 Å². The normalized spacial score (nSPS) is 12.4. The van der Waals surface area contributed by atoms with Crippen molar-refractivity contribution in [3.8, 4) is 0 Å². The molecule has 78 valence electrons. The smallest absolute Gasteiger partial charge is 0.237 e. The van der Waals surface area contributed by atoms with Crippen molar-refractivity contribution in [3.05, 3.63) is 24.2 Å². The first kappa shape index (κ1) is 10.8. The van der Waals surface area contributed by atoms with Crippen LogP contribution in [0.3, 0.4) is 0 Å². The van der Waals surface area contributed by atoms with Crippen molar-refractivity contribution < 1.29 is 9.21 Å². The Hall–Kier alpha value is -1.29. The van der Waals surface area contributed by atoms with Crippen LogP contribution in [0, 0.1) is 0 Å². The summed E-state index contributed by atoms with van der Waals surface area (Å²) in [4.78, 5) is 11.4. The van der Waals surface area contributed by atoms with Gasteiger partial charge in [0.15, 0.2) is 0 Å². The molecule has 0 aliphatic heterocycles. The molecule has 1 heterocycles. The van der Waals surface area contributed by atoms with Crippen LogP contribution in [0.25, 0.3) is 0 Å². The lowest BCUT2D eigenvalue weighted by atomic mass is 10.3. The number of nitrogens with one attached hydrogen (secondary N) is 2. The van der Waals surface area contributed by atoms with Crippen LogP contribution in [0.15, 0.2) is 22.8 Å². The average Bonchev–Trinajstić information content (AvgIpc) is 2.67. The number of likely N-dealkylation sites (N-methyl/N-ethyl adjacent to an activating group) is 1. The molecule has 4 heteroatoms. The molecule has 0 aromatic carbocycles. The number of hydrogen-bond acceptors (Lipinski definition) is 3. The number of rotatable bonds is 5. The fraction of sp³-hybridized carbons (Fsp3) is 0.500. The molecule has 2 N–H and O–H groups in total. The van der Waals surface area contributed by atoms with E-state index in [9.17, 15) is 4.79 Å². The van der Waals surface area contributed by atoms with Gasteiger partial charge >= 0.3 is 0 Å². The molecule has 1 aromatic rings. The predicted molar refractivity (Wildman–Crippen MR) is 53.7 cm³/mol. The van der Waals surface area contributed by atoms with Crippen molar-refractivity contribution in [1.29, 1.82) is 0 Å². The van der Waals surface area contributed by atoms with Crippen LogP contribution in [0.2, 0.25) is 0 Å². The van der Waals surface area contributed by atoms with Gasteiger partial charge in [-0.2, -0.15) is 0 Å². The number of hydrogen-bond donors (Lipinski definition) is 2. The van der Waals surface area contributed by atoms with E-state index < -0.39 is 0 Å². The molecule has 0 spiro atoms. The van der Waals surface area contributed by atoms with Crippen molar-refractivity contribution in [1.82, 2.24) is 10.6 Å². The molecular weight excluding hydrogens is 180 g/mol. The quantitative estimate of drug-likeness (QED) is 0.735. The molecule has 1 unspecified atom stereocenters. The molecule has 4 nitrogen and oxygen atoms in total. The zero-order chi connectivity index (χ0) is 10.4. The van der Waals surface area contributed by atoms with Crippen LogP contribution in [0.4, 0.5) is 0 Å². The monoisotopic (exact) mass is 196 g/mol. The second kappa shape index (κ2) is 5.44. The van der Waals surface area contributed by atoms with Gasteiger partial charge in [-0.3, -0.25) is 4.79 Å². The lowest BCUT2D eigenvalue weighted by molar-refractivity contribution is -0.123. The van der Waals surface area contributed by atoms with Gasteiger partial charge in [0, 0.05) is 0 Å². The van der Waals surface area contributed by atoms with Gasteiger partial charge in [0.05, 0.1) is 18.8 Å². The van der Waals surface area contributed by atoms with Gasteiger partial charge in [0.1, 0.15) is 5.76 Å². The summed E-state index contributed by atoms with van der Waals surface area (Å²) in [6, 6.07) is 3.47. The molecule has 0 aliphatic rings. The Bertz CT molecular complexity index is 270. The van der Waals surface area contributed by atoms with Gasteiger partial charge in [0.25, 0.3) is 0 Å². The Balaban J connectivity index is 2.27. The molecule has 1 aromatic heterocycles. The first-order valence-corrected chi connectivity index (χ1v) is 4.77. The minimum Gasteiger partial charge on any atom is -0.467 e. The molecule has 1 rings (SSSR count). The summed E-state index contributed by atoms with van der Waals surface area (Å²) < 4.78 is 5.09. The summed E-state index contributed by atoms with van der Waals surface area (Å²) in [7, 11) is 0. The Labute approximate surface area is 83.7 Å². The number of furan rings is 1. The summed E-state index contributed by atoms with van der Waals surface area (Å²) in [5, 5.41) is 5.81. The molecule has 0 saturated carbocycles. The first-order valence-electron chi connectivity index (χ1n) is 4.77. The van der Waals surface area contributed by atoms with Crippen LogP contribution in [-0.4, -0.2) is 18.5 Å². The number of amides is 1. The lowest BCUT2D eigenvalue weighted by Crippen LogP contribution is -2.41. The van der Waals surface area contributed by atoms with Gasteiger partial charge in [-0.15, -0.1) is 0 Å². The highest BCUT2D eigenvalue weighted by Gasteiger charge is 2.10. The molecule has 1 amide bonds. The Morgan fingerprint density at radius 1 is 1.64 bits per heavy atom. The molecule has 0 bridgehead atoms. The molecular formula is C10H16N2O2. The van der Waals surface area contributed by atoms with Gasteiger partial charge in [-0.1, -0.05) is 6.92 Å². The highest BCUT2D eigenvalue weighted by Crippen LogP contribution is 1.98. The van der Waals surface area contributed by atoms with Crippen molar-refractivity contribution in [2.75, 3.05) is 6.54 Å². The summed E-state index contributed by atoms with van der Waals surface area (Å²) in [6.45, 7) is 5.04. The van der Waals surface area contributed by atoms with Crippen molar-refractivity contribution >= 4 is 5.91 Å². The zero-order valence-electron chi connectivity index (χ0n) is 8.54. The molecule has 14 heavy (non-hydrogen) atoms. The second-order valence-electron chi connectivity index (χ2n) is 3.08. The topological polar surface area (TPSA) is 54.3 Å². The third-order valence-corrected chi connectivity index (χ3v) is 1.92. The van der Waals surface area contributed by atoms with E-state index in [-0.39, 0.29) is 11.9 Å². The SMILES string of the molecule is CCNC(C)C(=O)NCc1ccco1. The van der Waals surface area contributed by atoms with Crippen LogP contribution >= 0.6 is 0 Å². The third-order valence-electron chi connectivity index (χ3n) is 1.92. The molecule has 0 radical (unpaired) electrons. The third kappa shape index (κ3) is 3.22. The highest BCUT2D eigenvalue weighted by molar-refractivity contribution is 5.81. The molecule has 0 fully saturated rings. The maximum absolute atomic E-state index is 11.4. The lowest BCUT2D eigenvalue weighted by Gasteiger charge is -2.11. The summed E-state index contributed by atoms with van der Waals surface area (Å²) >= 11 is 0. The van der Waals surface area contributed by atoms with Gasteiger partial charge in [0.2, 0.25) is 5.91 Å². The number of carbonyl (C=O) groups is 1. The Kier molecular flexibility index (Phi) is 4.19. The van der Waals surface area contributed by atoms with E-state index in [0.29, 0.717) is 6.54 Å². The van der Waals surface area contributed by atoms with Gasteiger partial charge < -0.3 is 15.1 Å². The minimum atomic E-state index is -0.157. The van der Waals surface area contributed by atoms with Crippen molar-refractivity contribution in [2.45, 2.75) is 26.4 Å². The first-order chi connectivity index (χ1) is 6.74. The molecule has 0 saturated heterocycles. The number of carbonyl (C=O) groups excluding carboxylic acids is 1. The van der Waals surface area contributed by atoms with Crippen molar-refractivity contribution in [3.63, 3.8) is 0 Å². The van der Waals surface area contributed by atoms with E-state index in [2.05, 4.69) is 10.6 Å². The van der Waals surface area contributed by atoms with Crippen LogP contribution < -0.4 is 10.6 Å². The van der Waals surface area contributed by atoms with E-state index in [1.54, 1.807) is 12.3 Å². The maximum Gasteiger partial charge on any atom is 0.237 e. The zero-order valence-corrected chi connectivity index (χ0v) is 8.54. The standard InChI is InChI=1S/C10H16N2O2/c1-3-11-8(2)10(13)12-7-9-5-4-6-14-9/h4-6,8,11H,3,7H2,1-2H3,(H,12,13). The van der Waals surface area contributed by atoms with Crippen LogP contribution in [-0.2, 0) is 11.3 Å². The fourth-order valence-electron chi connectivity index (χ4n) is 1.14. The van der Waals surface area contributed by atoms with E-state index in [1.807, 2.05) is 19.9 Å². The van der Waals surface area contributed by atoms with E-state index in [1.165, 1.54) is 0 Å². The molecule has 1 atom stereocenters. The van der Waals surface area contributed by atoms with E-state index >= 15 is 0 Å². The highest BCUT2D eigenvalue weighted by atomic mass is 16.3. The fourth-order valence-corrected chi connectivity index (χ4v) is 1.14. The predicted octanol–water partition coefficient (Wildman–Crippen LogP) is 0.894. The van der Waals surface area contributed by atoms with Crippen LogP contribution in [0.1, 0.15) is 19.6 Å². The second-order valence-corrected chi connectivity index (χ2v) is 3.08.